The molecule has 0 aliphatic heterocycles. The average molecular weight is 401 g/mol. The van der Waals surface area contributed by atoms with Crippen LogP contribution in [0.25, 0.3) is 0 Å². The van der Waals surface area contributed by atoms with Gasteiger partial charge in [-0.05, 0) is 99.2 Å². The summed E-state index contributed by atoms with van der Waals surface area (Å²) in [5.74, 6) is 3.67. The Kier molecular flexibility index (Phi) is 6.35. The molecule has 1 N–H and O–H groups in total. The highest BCUT2D eigenvalue weighted by atomic mass is 16.3. The molecule has 0 aromatic heterocycles. The van der Waals surface area contributed by atoms with Crippen molar-refractivity contribution in [1.82, 2.24) is 0 Å². The monoisotopic (exact) mass is 400 g/mol. The van der Waals surface area contributed by atoms with Gasteiger partial charge in [0.05, 0.1) is 5.60 Å². The summed E-state index contributed by atoms with van der Waals surface area (Å²) in [6.45, 7) is 0. The second-order valence-corrected chi connectivity index (χ2v) is 12.3. The van der Waals surface area contributed by atoms with Crippen LogP contribution >= 0.6 is 0 Å². The van der Waals surface area contributed by atoms with Crippen LogP contribution in [0.1, 0.15) is 135 Å². The zero-order valence-corrected chi connectivity index (χ0v) is 19.2. The van der Waals surface area contributed by atoms with Crippen LogP contribution in [0.3, 0.4) is 0 Å². The van der Waals surface area contributed by atoms with Gasteiger partial charge in [0.1, 0.15) is 0 Å². The van der Waals surface area contributed by atoms with Crippen molar-refractivity contribution in [2.45, 2.75) is 140 Å². The van der Waals surface area contributed by atoms with Crippen molar-refractivity contribution in [2.24, 2.45) is 35.0 Å². The lowest BCUT2D eigenvalue weighted by atomic mass is 9.51. The van der Waals surface area contributed by atoms with E-state index in [1.54, 1.807) is 0 Å². The van der Waals surface area contributed by atoms with Gasteiger partial charge in [0, 0.05) is 0 Å². The minimum absolute atomic E-state index is 0.322. The SMILES string of the molecule is O[C@](C1CCCCC1)(C1CCC2(CCCCC2)CC1)[C@H]1CCC[C@H]2CCCC[C@@H]21. The van der Waals surface area contributed by atoms with E-state index in [1.165, 1.54) is 135 Å². The molecule has 1 heteroatoms. The van der Waals surface area contributed by atoms with Gasteiger partial charge in [-0.15, -0.1) is 0 Å². The summed E-state index contributed by atoms with van der Waals surface area (Å²) >= 11 is 0. The maximum Gasteiger partial charge on any atom is 0.0734 e. The summed E-state index contributed by atoms with van der Waals surface area (Å²) in [7, 11) is 0. The maximum absolute atomic E-state index is 12.8. The summed E-state index contributed by atoms with van der Waals surface area (Å²) in [5, 5.41) is 12.8. The van der Waals surface area contributed by atoms with Gasteiger partial charge in [-0.3, -0.25) is 0 Å². The molecule has 5 rings (SSSR count). The topological polar surface area (TPSA) is 20.2 Å². The molecule has 1 nitrogen and oxygen atoms in total. The Morgan fingerprint density at radius 3 is 1.86 bits per heavy atom. The Hall–Kier alpha value is -0.0400. The quantitative estimate of drug-likeness (QED) is 0.508. The lowest BCUT2D eigenvalue weighted by Crippen LogP contribution is -2.57. The Balaban J connectivity index is 1.38. The van der Waals surface area contributed by atoms with Crippen molar-refractivity contribution in [3.05, 3.63) is 0 Å². The first kappa shape index (κ1) is 20.8. The van der Waals surface area contributed by atoms with Crippen molar-refractivity contribution in [3.63, 3.8) is 0 Å². The molecule has 5 saturated carbocycles. The fourth-order valence-electron chi connectivity index (χ4n) is 9.51. The van der Waals surface area contributed by atoms with E-state index >= 15 is 0 Å². The van der Waals surface area contributed by atoms with Crippen molar-refractivity contribution in [1.29, 1.82) is 0 Å². The van der Waals surface area contributed by atoms with Crippen molar-refractivity contribution in [2.75, 3.05) is 0 Å². The highest BCUT2D eigenvalue weighted by Crippen LogP contribution is 2.58. The van der Waals surface area contributed by atoms with Crippen LogP contribution in [0.5, 0.6) is 0 Å². The molecule has 166 valence electrons. The predicted octanol–water partition coefficient (Wildman–Crippen LogP) is 8.05. The first-order valence-corrected chi connectivity index (χ1v) is 13.9. The summed E-state index contributed by atoms with van der Waals surface area (Å²) in [6.07, 6.45) is 29.8. The first-order valence-electron chi connectivity index (χ1n) is 13.9. The molecule has 0 amide bonds. The molecule has 0 radical (unpaired) electrons. The van der Waals surface area contributed by atoms with E-state index in [0.29, 0.717) is 23.2 Å². The molecule has 0 aromatic rings. The summed E-state index contributed by atoms with van der Waals surface area (Å²) in [6, 6.07) is 0. The van der Waals surface area contributed by atoms with Gasteiger partial charge in [0.25, 0.3) is 0 Å². The molecule has 5 aliphatic carbocycles. The summed E-state index contributed by atoms with van der Waals surface area (Å²) in [4.78, 5) is 0. The van der Waals surface area contributed by atoms with Gasteiger partial charge in [-0.2, -0.15) is 0 Å². The number of hydrogen-bond donors (Lipinski definition) is 1. The Bertz CT molecular complexity index is 516. The van der Waals surface area contributed by atoms with Gasteiger partial charge >= 0.3 is 0 Å². The van der Waals surface area contributed by atoms with Crippen LogP contribution in [0.2, 0.25) is 0 Å². The average Bonchev–Trinajstić information content (AvgIpc) is 2.80. The van der Waals surface area contributed by atoms with E-state index < -0.39 is 0 Å². The second kappa shape index (κ2) is 8.84. The van der Waals surface area contributed by atoms with Crippen LogP contribution in [-0.4, -0.2) is 10.7 Å². The first-order chi connectivity index (χ1) is 14.2. The van der Waals surface area contributed by atoms with E-state index in [-0.39, 0.29) is 5.60 Å². The van der Waals surface area contributed by atoms with Crippen molar-refractivity contribution < 1.29 is 5.11 Å². The number of hydrogen-bond acceptors (Lipinski definition) is 1. The molecule has 29 heavy (non-hydrogen) atoms. The Morgan fingerprint density at radius 1 is 0.517 bits per heavy atom. The van der Waals surface area contributed by atoms with Gasteiger partial charge in [-0.1, -0.05) is 70.6 Å². The second-order valence-electron chi connectivity index (χ2n) is 12.3. The number of fused-ring (bicyclic) bond motifs is 1. The van der Waals surface area contributed by atoms with Crippen molar-refractivity contribution >= 4 is 0 Å². The highest BCUT2D eigenvalue weighted by Gasteiger charge is 2.55. The van der Waals surface area contributed by atoms with E-state index in [9.17, 15) is 5.11 Å². The Labute approximate surface area is 180 Å². The minimum atomic E-state index is -0.322. The third-order valence-corrected chi connectivity index (χ3v) is 11.0. The summed E-state index contributed by atoms with van der Waals surface area (Å²) < 4.78 is 0. The molecular weight excluding hydrogens is 352 g/mol. The molecule has 0 saturated heterocycles. The maximum atomic E-state index is 12.8. The molecule has 0 heterocycles. The van der Waals surface area contributed by atoms with Crippen LogP contribution in [-0.2, 0) is 0 Å². The number of aliphatic hydroxyl groups is 1. The van der Waals surface area contributed by atoms with Crippen molar-refractivity contribution in [3.8, 4) is 0 Å². The van der Waals surface area contributed by atoms with Crippen LogP contribution in [0.4, 0.5) is 0 Å². The molecule has 5 fully saturated rings. The third-order valence-electron chi connectivity index (χ3n) is 11.0. The number of rotatable bonds is 3. The lowest BCUT2D eigenvalue weighted by Gasteiger charge is -2.57. The molecule has 5 aliphatic rings. The fourth-order valence-corrected chi connectivity index (χ4v) is 9.51. The molecular formula is C28H48O. The van der Waals surface area contributed by atoms with Gasteiger partial charge in [0.15, 0.2) is 0 Å². The van der Waals surface area contributed by atoms with Crippen LogP contribution in [0.15, 0.2) is 0 Å². The van der Waals surface area contributed by atoms with Gasteiger partial charge < -0.3 is 5.11 Å². The predicted molar refractivity (Wildman–Crippen MR) is 122 cm³/mol. The third kappa shape index (κ3) is 3.96. The lowest BCUT2D eigenvalue weighted by molar-refractivity contribution is -0.173. The van der Waals surface area contributed by atoms with E-state index in [4.69, 9.17) is 0 Å². The smallest absolute Gasteiger partial charge is 0.0734 e. The van der Waals surface area contributed by atoms with Crippen LogP contribution in [0, 0.1) is 35.0 Å². The normalized spacial score (nSPS) is 39.0. The van der Waals surface area contributed by atoms with E-state index in [0.717, 1.165) is 11.8 Å². The zero-order chi connectivity index (χ0) is 19.7. The van der Waals surface area contributed by atoms with Gasteiger partial charge in [0.2, 0.25) is 0 Å². The molecule has 0 unspecified atom stereocenters. The minimum Gasteiger partial charge on any atom is -0.389 e. The largest absolute Gasteiger partial charge is 0.389 e. The highest BCUT2D eigenvalue weighted by molar-refractivity contribution is 5.05. The van der Waals surface area contributed by atoms with Crippen LogP contribution < -0.4 is 0 Å². The molecule has 0 bridgehead atoms. The standard InChI is InChI=1S/C28H48O/c29-28(23-12-3-1-4-13-23,26-15-9-11-22-10-5-6-14-25(22)26)24-16-20-27(21-17-24)18-7-2-8-19-27/h22-26,29H,1-21H2/t22-,25+,26+,28-/m1/s1. The van der Waals surface area contributed by atoms with E-state index in [2.05, 4.69) is 0 Å². The molecule has 1 spiro atoms. The molecule has 4 atom stereocenters. The zero-order valence-electron chi connectivity index (χ0n) is 19.2. The fraction of sp³-hybridized carbons (Fsp3) is 1.00. The van der Waals surface area contributed by atoms with E-state index in [1.807, 2.05) is 0 Å². The van der Waals surface area contributed by atoms with Gasteiger partial charge in [-0.25, -0.2) is 0 Å². The summed E-state index contributed by atoms with van der Waals surface area (Å²) in [5.41, 5.74) is 0.361. The Morgan fingerprint density at radius 2 is 1.10 bits per heavy atom. The molecule has 0 aromatic carbocycles.